The molecule has 38 heavy (non-hydrogen) atoms. The van der Waals surface area contributed by atoms with Crippen LogP contribution in [0.15, 0.2) is 53.7 Å². The highest BCUT2D eigenvalue weighted by atomic mass is 32.2. The van der Waals surface area contributed by atoms with Crippen LogP contribution < -0.4 is 10.1 Å². The van der Waals surface area contributed by atoms with Gasteiger partial charge in [0.05, 0.1) is 36.3 Å². The van der Waals surface area contributed by atoms with Crippen molar-refractivity contribution in [2.75, 3.05) is 18.2 Å². The Hall–Kier alpha value is -3.64. The second kappa shape index (κ2) is 9.91. The van der Waals surface area contributed by atoms with Crippen molar-refractivity contribution in [2.45, 2.75) is 43.8 Å². The molecule has 0 saturated carbocycles. The van der Waals surface area contributed by atoms with Gasteiger partial charge in [-0.3, -0.25) is 9.20 Å². The fourth-order valence-corrected chi connectivity index (χ4v) is 4.91. The first kappa shape index (κ1) is 26.0. The number of methoxy groups -OCH3 is 1. The molecule has 12 heteroatoms. The monoisotopic (exact) mass is 543 g/mol. The number of benzene rings is 2. The molecule has 1 aliphatic heterocycles. The number of anilines is 1. The van der Waals surface area contributed by atoms with Gasteiger partial charge in [0, 0.05) is 23.2 Å². The molecule has 0 bridgehead atoms. The molecule has 198 valence electrons. The lowest BCUT2D eigenvalue weighted by molar-refractivity contribution is -0.137. The number of carbonyl (C=O) groups excluding carboxylic acids is 1. The highest BCUT2D eigenvalue weighted by molar-refractivity contribution is 7.99. The third-order valence-corrected chi connectivity index (χ3v) is 6.99. The van der Waals surface area contributed by atoms with Crippen molar-refractivity contribution in [3.8, 4) is 17.1 Å². The summed E-state index contributed by atoms with van der Waals surface area (Å²) in [4.78, 5) is 17.6. The lowest BCUT2D eigenvalue weighted by Gasteiger charge is -2.31. The van der Waals surface area contributed by atoms with Crippen LogP contribution in [0.2, 0.25) is 0 Å². The van der Waals surface area contributed by atoms with Gasteiger partial charge in [-0.25, -0.2) is 4.98 Å². The summed E-state index contributed by atoms with van der Waals surface area (Å²) < 4.78 is 52.1. The molecule has 0 aliphatic carbocycles. The molecule has 0 fully saturated rings. The Morgan fingerprint density at radius 3 is 2.66 bits per heavy atom. The summed E-state index contributed by atoms with van der Waals surface area (Å²) in [6.45, 7) is 4.33. The minimum atomic E-state index is -4.50. The van der Waals surface area contributed by atoms with Crippen LogP contribution in [0.25, 0.3) is 17.0 Å². The number of ether oxygens (including phenoxy) is 2. The van der Waals surface area contributed by atoms with Crippen molar-refractivity contribution >= 4 is 29.0 Å². The van der Waals surface area contributed by atoms with Gasteiger partial charge in [0.15, 0.2) is 10.8 Å². The van der Waals surface area contributed by atoms with Gasteiger partial charge < -0.3 is 14.8 Å². The molecular formula is C26H24F3N5O3S. The highest BCUT2D eigenvalue weighted by Crippen LogP contribution is 2.34. The van der Waals surface area contributed by atoms with Crippen LogP contribution >= 0.6 is 11.8 Å². The predicted octanol–water partition coefficient (Wildman–Crippen LogP) is 5.40. The van der Waals surface area contributed by atoms with E-state index in [4.69, 9.17) is 14.5 Å². The third kappa shape index (κ3) is 5.32. The number of nitrogens with one attached hydrogen (secondary N) is 1. The zero-order chi connectivity index (χ0) is 27.1. The van der Waals surface area contributed by atoms with Crippen molar-refractivity contribution in [3.05, 3.63) is 65.4 Å². The summed E-state index contributed by atoms with van der Waals surface area (Å²) in [5.41, 5.74) is 1.92. The number of thioether (sulfide) groups is 1. The summed E-state index contributed by atoms with van der Waals surface area (Å²) >= 11 is 1.11. The van der Waals surface area contributed by atoms with E-state index in [1.54, 1.807) is 11.5 Å². The molecule has 0 radical (unpaired) electrons. The first-order chi connectivity index (χ1) is 18.0. The maximum atomic E-state index is 13.0. The van der Waals surface area contributed by atoms with Crippen molar-refractivity contribution in [1.29, 1.82) is 0 Å². The lowest BCUT2D eigenvalue weighted by Crippen LogP contribution is -2.33. The average Bonchev–Trinajstić information content (AvgIpc) is 3.30. The van der Waals surface area contributed by atoms with E-state index in [9.17, 15) is 18.0 Å². The molecule has 0 atom stereocenters. The molecule has 0 unspecified atom stereocenters. The minimum Gasteiger partial charge on any atom is -0.497 e. The number of amides is 1. The Balaban J connectivity index is 1.46. The van der Waals surface area contributed by atoms with Crippen LogP contribution in [-0.4, -0.2) is 44.0 Å². The maximum absolute atomic E-state index is 13.0. The fraction of sp³-hybridized carbons (Fsp3) is 0.308. The van der Waals surface area contributed by atoms with Crippen LogP contribution in [0.3, 0.4) is 0 Å². The van der Waals surface area contributed by atoms with E-state index in [0.29, 0.717) is 35.4 Å². The molecule has 0 saturated heterocycles. The number of hydrogen-bond acceptors (Lipinski definition) is 7. The quantitative estimate of drug-likeness (QED) is 0.326. The SMILES string of the molecule is COc1ccc(-c2nc3c(c4nnc(SCC(=O)Nc5cccc(C(F)(F)F)c5)n24)COC(C)(C)C3)cc1. The minimum absolute atomic E-state index is 0.0611. The van der Waals surface area contributed by atoms with Gasteiger partial charge in [-0.05, 0) is 56.3 Å². The number of alkyl halides is 3. The number of aromatic nitrogens is 4. The van der Waals surface area contributed by atoms with E-state index in [1.807, 2.05) is 38.1 Å². The lowest BCUT2D eigenvalue weighted by atomic mass is 9.96. The van der Waals surface area contributed by atoms with E-state index in [2.05, 4.69) is 15.5 Å². The van der Waals surface area contributed by atoms with Gasteiger partial charge in [-0.15, -0.1) is 10.2 Å². The summed E-state index contributed by atoms with van der Waals surface area (Å²) in [7, 11) is 1.59. The van der Waals surface area contributed by atoms with Crippen molar-refractivity contribution in [2.24, 2.45) is 0 Å². The van der Waals surface area contributed by atoms with Gasteiger partial charge in [0.2, 0.25) is 5.91 Å². The van der Waals surface area contributed by atoms with Crippen molar-refractivity contribution in [1.82, 2.24) is 19.6 Å². The summed E-state index contributed by atoms with van der Waals surface area (Å²) in [6, 6.07) is 11.9. The topological polar surface area (TPSA) is 90.6 Å². The number of nitrogens with zero attached hydrogens (tertiary/aromatic N) is 4. The normalized spacial score (nSPS) is 14.8. The Kier molecular flexibility index (Phi) is 6.78. The van der Waals surface area contributed by atoms with E-state index < -0.39 is 17.6 Å². The molecule has 5 rings (SSSR count). The molecule has 0 spiro atoms. The van der Waals surface area contributed by atoms with E-state index in [1.165, 1.54) is 12.1 Å². The summed E-state index contributed by atoms with van der Waals surface area (Å²) in [5.74, 6) is 0.722. The second-order valence-electron chi connectivity index (χ2n) is 9.37. The van der Waals surface area contributed by atoms with Crippen molar-refractivity contribution in [3.63, 3.8) is 0 Å². The Morgan fingerprint density at radius 2 is 1.95 bits per heavy atom. The molecule has 3 heterocycles. The molecule has 1 amide bonds. The summed E-state index contributed by atoms with van der Waals surface area (Å²) in [5, 5.41) is 11.6. The predicted molar refractivity (Wildman–Crippen MR) is 136 cm³/mol. The second-order valence-corrected chi connectivity index (χ2v) is 10.3. The zero-order valence-corrected chi connectivity index (χ0v) is 21.6. The zero-order valence-electron chi connectivity index (χ0n) is 20.8. The number of halogens is 3. The van der Waals surface area contributed by atoms with Crippen LogP contribution in [-0.2, 0) is 28.7 Å². The largest absolute Gasteiger partial charge is 0.497 e. The maximum Gasteiger partial charge on any atom is 0.416 e. The van der Waals surface area contributed by atoms with Gasteiger partial charge in [-0.1, -0.05) is 17.8 Å². The molecular weight excluding hydrogens is 519 g/mol. The van der Waals surface area contributed by atoms with Crippen LogP contribution in [0.1, 0.15) is 30.7 Å². The van der Waals surface area contributed by atoms with Gasteiger partial charge >= 0.3 is 6.18 Å². The first-order valence-corrected chi connectivity index (χ1v) is 12.7. The Labute approximate surface area is 220 Å². The van der Waals surface area contributed by atoms with E-state index >= 15 is 0 Å². The van der Waals surface area contributed by atoms with Gasteiger partial charge in [-0.2, -0.15) is 13.2 Å². The standard InChI is InChI=1S/C26H24F3N5O3S/c1-25(2)12-20-19(13-37-25)23-32-33-24(34(23)22(31-20)15-7-9-18(36-3)10-8-15)38-14-21(35)30-17-6-4-5-16(11-17)26(27,28)29/h4-11H,12-14H2,1-3H3,(H,30,35). The average molecular weight is 544 g/mol. The van der Waals surface area contributed by atoms with Crippen LogP contribution in [0, 0.1) is 0 Å². The molecule has 2 aromatic carbocycles. The molecule has 2 aromatic heterocycles. The first-order valence-electron chi connectivity index (χ1n) is 11.7. The van der Waals surface area contributed by atoms with Crippen LogP contribution in [0.4, 0.5) is 18.9 Å². The van der Waals surface area contributed by atoms with Gasteiger partial charge in [0.1, 0.15) is 11.6 Å². The Morgan fingerprint density at radius 1 is 1.18 bits per heavy atom. The number of rotatable bonds is 6. The van der Waals surface area contributed by atoms with E-state index in [-0.39, 0.29) is 17.0 Å². The van der Waals surface area contributed by atoms with Gasteiger partial charge in [0.25, 0.3) is 0 Å². The molecule has 1 aliphatic rings. The smallest absolute Gasteiger partial charge is 0.416 e. The fourth-order valence-electron chi connectivity index (χ4n) is 4.17. The number of fused-ring (bicyclic) bond motifs is 3. The molecule has 1 N–H and O–H groups in total. The molecule has 8 nitrogen and oxygen atoms in total. The third-order valence-electron chi connectivity index (χ3n) is 6.06. The van der Waals surface area contributed by atoms with Crippen molar-refractivity contribution < 1.29 is 27.4 Å². The number of carbonyl (C=O) groups is 1. The number of hydrogen-bond donors (Lipinski definition) is 1. The molecule has 4 aromatic rings. The summed E-state index contributed by atoms with van der Waals surface area (Å²) in [6.07, 6.45) is -3.91. The highest BCUT2D eigenvalue weighted by Gasteiger charge is 2.32. The van der Waals surface area contributed by atoms with E-state index in [0.717, 1.165) is 40.7 Å². The van der Waals surface area contributed by atoms with Crippen LogP contribution in [0.5, 0.6) is 5.75 Å². The Bertz CT molecular complexity index is 1500.